The highest BCUT2D eigenvalue weighted by Crippen LogP contribution is 1.80. The molecule has 0 aromatic rings. The van der Waals surface area contributed by atoms with Gasteiger partial charge in [-0.3, -0.25) is 4.79 Å². The van der Waals surface area contributed by atoms with Gasteiger partial charge >= 0.3 is 0 Å². The molecule has 0 aliphatic heterocycles. The number of carbonyl (C=O) groups excluding carboxylic acids is 1. The van der Waals surface area contributed by atoms with Crippen LogP contribution in [0.5, 0.6) is 0 Å². The molecule has 1 amide bonds. The number of hydrazine groups is 1. The Morgan fingerprint density at radius 3 is 2.60 bits per heavy atom. The van der Waals surface area contributed by atoms with Crippen LogP contribution in [0.15, 0.2) is 5.10 Å². The summed E-state index contributed by atoms with van der Waals surface area (Å²) < 4.78 is 2.43. The Labute approximate surface area is 71.9 Å². The maximum absolute atomic E-state index is 10.3. The van der Waals surface area contributed by atoms with Gasteiger partial charge in [0.1, 0.15) is 5.84 Å². The summed E-state index contributed by atoms with van der Waals surface area (Å²) in [6, 6.07) is 0. The van der Waals surface area contributed by atoms with Gasteiger partial charge in [-0.1, -0.05) is 0 Å². The molecule has 0 unspecified atom stereocenters. The molecule has 0 aliphatic carbocycles. The van der Waals surface area contributed by atoms with Crippen molar-refractivity contribution in [2.75, 3.05) is 0 Å². The van der Waals surface area contributed by atoms with E-state index in [4.69, 9.17) is 11.6 Å². The Morgan fingerprint density at radius 2 is 2.30 bits per heavy atom. The zero-order valence-electron chi connectivity index (χ0n) is 5.10. The maximum atomic E-state index is 10.3. The molecular weight excluding hydrogens is 249 g/mol. The summed E-state index contributed by atoms with van der Waals surface area (Å²) in [6.45, 7) is 0. The van der Waals surface area contributed by atoms with E-state index >= 15 is 0 Å². The molecule has 6 N–H and O–H groups in total. The first-order valence-electron chi connectivity index (χ1n) is 2.37. The van der Waals surface area contributed by atoms with E-state index in [1.165, 1.54) is 0 Å². The molecule has 0 spiro atoms. The number of amides is 1. The molecule has 10 heavy (non-hydrogen) atoms. The van der Waals surface area contributed by atoms with Crippen molar-refractivity contribution in [3.63, 3.8) is 0 Å². The van der Waals surface area contributed by atoms with Gasteiger partial charge in [-0.25, -0.2) is 9.48 Å². The van der Waals surface area contributed by atoms with E-state index < -0.39 is 5.91 Å². The van der Waals surface area contributed by atoms with Gasteiger partial charge in [0.05, 0.1) is 29.3 Å². The van der Waals surface area contributed by atoms with Crippen LogP contribution in [-0.2, 0) is 4.79 Å². The normalized spacial score (nSPS) is 10.8. The predicted octanol–water partition coefficient (Wildman–Crippen LogP) is -1.42. The lowest BCUT2D eigenvalue weighted by Crippen LogP contribution is -2.34. The third-order valence-corrected chi connectivity index (χ3v) is 0.927. The molecule has 0 aliphatic rings. The van der Waals surface area contributed by atoms with Crippen molar-refractivity contribution in [2.45, 2.75) is 6.42 Å². The fourth-order valence-corrected chi connectivity index (χ4v) is 0.630. The number of nitrogens with two attached hydrogens (primary N) is 2. The van der Waals surface area contributed by atoms with Crippen LogP contribution in [0.25, 0.3) is 0 Å². The Morgan fingerprint density at radius 1 is 1.70 bits per heavy atom. The lowest BCUT2D eigenvalue weighted by atomic mass is 10.4. The number of hydrazone groups is 1. The second-order valence-corrected chi connectivity index (χ2v) is 1.91. The lowest BCUT2D eigenvalue weighted by molar-refractivity contribution is -0.116. The fraction of sp³-hybridized carbons (Fsp3) is 0.333. The van der Waals surface area contributed by atoms with Crippen LogP contribution in [0.4, 0.5) is 0 Å². The zero-order chi connectivity index (χ0) is 7.98. The van der Waals surface area contributed by atoms with Crippen LogP contribution in [0.2, 0.25) is 0 Å². The Balaban J connectivity index is 3.83. The van der Waals surface area contributed by atoms with Crippen molar-refractivity contribution in [1.29, 1.82) is 0 Å². The highest BCUT2D eigenvalue weighted by Gasteiger charge is 2.00. The van der Waals surface area contributed by atoms with Gasteiger partial charge in [0, 0.05) is 0 Å². The third-order valence-electron chi connectivity index (χ3n) is 0.686. The van der Waals surface area contributed by atoms with Crippen LogP contribution in [-0.4, -0.2) is 11.7 Å². The van der Waals surface area contributed by atoms with Crippen molar-refractivity contribution in [3.8, 4) is 0 Å². The minimum absolute atomic E-state index is 0.00645. The number of amidine groups is 1. The summed E-state index contributed by atoms with van der Waals surface area (Å²) in [7, 11) is 0. The van der Waals surface area contributed by atoms with E-state index in [2.05, 4.69) is 14.2 Å². The van der Waals surface area contributed by atoms with Gasteiger partial charge in [-0.2, -0.15) is 5.10 Å². The Bertz CT molecular complexity index is 146. The quantitative estimate of drug-likeness (QED) is 0.124. The van der Waals surface area contributed by atoms with Crippen LogP contribution >= 0.6 is 22.9 Å². The summed E-state index contributed by atoms with van der Waals surface area (Å²) in [5, 5.41) is 3.60. The average molecular weight is 257 g/mol. The monoisotopic (exact) mass is 257 g/mol. The van der Waals surface area contributed by atoms with E-state index in [9.17, 15) is 4.79 Å². The standard InChI is InChI=1S/C3H8IN5O/c4-9-8-3(7-6)1-2(5)10/h9H,1,6H2,(H2,5,10)(H,7,8). The molecule has 0 rings (SSSR count). The van der Waals surface area contributed by atoms with Crippen molar-refractivity contribution < 1.29 is 4.79 Å². The van der Waals surface area contributed by atoms with Gasteiger partial charge in [0.25, 0.3) is 0 Å². The number of carbonyl (C=O) groups is 1. The largest absolute Gasteiger partial charge is 0.369 e. The first-order valence-corrected chi connectivity index (χ1v) is 3.45. The first kappa shape index (κ1) is 9.43. The molecule has 0 fully saturated rings. The van der Waals surface area contributed by atoms with Crippen molar-refractivity contribution in [3.05, 3.63) is 0 Å². The predicted molar refractivity (Wildman–Crippen MR) is 45.7 cm³/mol. The Kier molecular flexibility index (Phi) is 4.94. The number of hydrogen-bond acceptors (Lipinski definition) is 4. The second kappa shape index (κ2) is 5.23. The minimum atomic E-state index is -0.483. The molecule has 0 radical (unpaired) electrons. The molecule has 6 nitrogen and oxygen atoms in total. The van der Waals surface area contributed by atoms with E-state index in [1.807, 2.05) is 0 Å². The molecule has 0 atom stereocenters. The SMILES string of the molecule is NN/C(CC(N)=O)=N\NI. The molecule has 58 valence electrons. The van der Waals surface area contributed by atoms with Crippen molar-refractivity contribution >= 4 is 34.6 Å². The molecule has 0 saturated heterocycles. The van der Waals surface area contributed by atoms with Crippen molar-refractivity contribution in [1.82, 2.24) is 9.06 Å². The molecular formula is C3H8IN5O. The van der Waals surface area contributed by atoms with E-state index in [0.717, 1.165) is 0 Å². The number of primary amides is 1. The van der Waals surface area contributed by atoms with Gasteiger partial charge < -0.3 is 11.2 Å². The van der Waals surface area contributed by atoms with Gasteiger partial charge in [-0.05, 0) is 0 Å². The van der Waals surface area contributed by atoms with Crippen LogP contribution in [0.1, 0.15) is 6.42 Å². The minimum Gasteiger partial charge on any atom is -0.369 e. The maximum Gasteiger partial charge on any atom is 0.225 e. The third kappa shape index (κ3) is 4.32. The molecule has 0 bridgehead atoms. The van der Waals surface area contributed by atoms with Crippen LogP contribution in [0.3, 0.4) is 0 Å². The van der Waals surface area contributed by atoms with Crippen molar-refractivity contribution in [2.24, 2.45) is 16.7 Å². The summed E-state index contributed by atoms with van der Waals surface area (Å²) in [5.74, 6) is 4.80. The topological polar surface area (TPSA) is 106 Å². The van der Waals surface area contributed by atoms with Gasteiger partial charge in [0.2, 0.25) is 5.91 Å². The number of rotatable bonds is 3. The molecule has 0 aromatic carbocycles. The summed E-state index contributed by atoms with van der Waals surface area (Å²) >= 11 is 1.79. The van der Waals surface area contributed by atoms with E-state index in [0.29, 0.717) is 5.84 Å². The number of halogens is 1. The van der Waals surface area contributed by atoms with Gasteiger partial charge in [0.15, 0.2) is 0 Å². The number of nitrogens with zero attached hydrogens (tertiary/aromatic N) is 1. The highest BCUT2D eigenvalue weighted by molar-refractivity contribution is 14.1. The summed E-state index contributed by atoms with van der Waals surface area (Å²) in [6.07, 6.45) is 0.00645. The van der Waals surface area contributed by atoms with E-state index in [-0.39, 0.29) is 6.42 Å². The average Bonchev–Trinajstić information content (AvgIpc) is 1.86. The lowest BCUT2D eigenvalue weighted by Gasteiger charge is -1.99. The van der Waals surface area contributed by atoms with Crippen LogP contribution in [0, 0.1) is 0 Å². The van der Waals surface area contributed by atoms with E-state index in [1.54, 1.807) is 22.9 Å². The summed E-state index contributed by atoms with van der Waals surface area (Å²) in [4.78, 5) is 10.3. The summed E-state index contributed by atoms with van der Waals surface area (Å²) in [5.41, 5.74) is 7.07. The number of nitrogens with one attached hydrogen (secondary N) is 2. The zero-order valence-corrected chi connectivity index (χ0v) is 7.25. The molecule has 0 heterocycles. The smallest absolute Gasteiger partial charge is 0.225 e. The number of hydrogen-bond donors (Lipinski definition) is 4. The molecule has 0 saturated carbocycles. The molecule has 7 heteroatoms. The second-order valence-electron chi connectivity index (χ2n) is 1.43. The highest BCUT2D eigenvalue weighted by atomic mass is 127. The molecule has 0 aromatic heterocycles. The van der Waals surface area contributed by atoms with Crippen LogP contribution < -0.4 is 20.6 Å². The van der Waals surface area contributed by atoms with Gasteiger partial charge in [-0.15, -0.1) is 0 Å². The first-order chi connectivity index (χ1) is 4.70. The fourth-order valence-electron chi connectivity index (χ4n) is 0.339. The Hall–Kier alpha value is -0.570.